The average molecular weight is 365 g/mol. The molecule has 0 N–H and O–H groups in total. The summed E-state index contributed by atoms with van der Waals surface area (Å²) in [6.07, 6.45) is 1.07. The topological polar surface area (TPSA) is 29.5 Å². The van der Waals surface area contributed by atoms with Gasteiger partial charge in [-0.3, -0.25) is 4.79 Å². The quantitative estimate of drug-likeness (QED) is 0.768. The summed E-state index contributed by atoms with van der Waals surface area (Å²) >= 11 is 3.87. The Morgan fingerprint density at radius 1 is 1.71 bits per heavy atom. The molecule has 94 valence electrons. The molecule has 1 unspecified atom stereocenters. The van der Waals surface area contributed by atoms with Crippen LogP contribution in [0.3, 0.4) is 0 Å². The molecule has 5 heteroatoms. The maximum absolute atomic E-state index is 12.3. The third-order valence-electron chi connectivity index (χ3n) is 2.99. The molecular weight excluding hydrogens is 349 g/mol. The number of hydrogen-bond donors (Lipinski definition) is 0. The van der Waals surface area contributed by atoms with E-state index in [1.54, 1.807) is 11.3 Å². The van der Waals surface area contributed by atoms with Crippen LogP contribution in [0.1, 0.15) is 23.7 Å². The second-order valence-corrected chi connectivity index (χ2v) is 7.02. The Hall–Kier alpha value is -0.140. The van der Waals surface area contributed by atoms with Gasteiger partial charge in [-0.15, -0.1) is 11.3 Å². The van der Waals surface area contributed by atoms with Crippen LogP contribution in [0.2, 0.25) is 0 Å². The van der Waals surface area contributed by atoms with E-state index >= 15 is 0 Å². The molecule has 17 heavy (non-hydrogen) atoms. The molecule has 1 aromatic rings. The third kappa shape index (κ3) is 3.42. The lowest BCUT2D eigenvalue weighted by Crippen LogP contribution is -2.35. The van der Waals surface area contributed by atoms with Gasteiger partial charge in [0, 0.05) is 31.0 Å². The average Bonchev–Trinajstić information content (AvgIpc) is 2.96. The number of carbonyl (C=O) groups is 1. The summed E-state index contributed by atoms with van der Waals surface area (Å²) in [6, 6.07) is 1.96. The van der Waals surface area contributed by atoms with Crippen LogP contribution in [0.4, 0.5) is 0 Å². The molecule has 1 aliphatic heterocycles. The molecule has 0 radical (unpaired) electrons. The van der Waals surface area contributed by atoms with Crippen molar-refractivity contribution in [2.75, 3.05) is 26.3 Å². The summed E-state index contributed by atoms with van der Waals surface area (Å²) in [5.74, 6) is 0.662. The Bertz CT molecular complexity index is 388. The molecule has 0 aliphatic carbocycles. The van der Waals surface area contributed by atoms with Crippen molar-refractivity contribution in [3.05, 3.63) is 19.9 Å². The van der Waals surface area contributed by atoms with Crippen molar-refractivity contribution in [1.29, 1.82) is 0 Å². The van der Waals surface area contributed by atoms with Gasteiger partial charge < -0.3 is 9.64 Å². The van der Waals surface area contributed by atoms with Crippen molar-refractivity contribution in [2.45, 2.75) is 13.3 Å². The fourth-order valence-corrected chi connectivity index (χ4v) is 3.32. The minimum Gasteiger partial charge on any atom is -0.381 e. The van der Waals surface area contributed by atoms with E-state index in [-0.39, 0.29) is 5.91 Å². The van der Waals surface area contributed by atoms with Crippen LogP contribution in [0.5, 0.6) is 0 Å². The summed E-state index contributed by atoms with van der Waals surface area (Å²) in [5, 5.41) is 1.94. The maximum Gasteiger partial charge on any atom is 0.254 e. The van der Waals surface area contributed by atoms with Crippen molar-refractivity contribution < 1.29 is 9.53 Å². The van der Waals surface area contributed by atoms with Crippen molar-refractivity contribution in [3.63, 3.8) is 0 Å². The first kappa shape index (κ1) is 13.3. The molecule has 3 nitrogen and oxygen atoms in total. The first-order valence-electron chi connectivity index (χ1n) is 5.81. The molecule has 1 amide bonds. The van der Waals surface area contributed by atoms with Crippen molar-refractivity contribution in [1.82, 2.24) is 4.90 Å². The number of hydrogen-bond acceptors (Lipinski definition) is 3. The highest BCUT2D eigenvalue weighted by atomic mass is 127. The highest BCUT2D eigenvalue weighted by molar-refractivity contribution is 14.1. The van der Waals surface area contributed by atoms with E-state index in [4.69, 9.17) is 4.74 Å². The highest BCUT2D eigenvalue weighted by Crippen LogP contribution is 2.20. The molecule has 1 aliphatic rings. The third-order valence-corrected chi connectivity index (χ3v) is 4.77. The Kier molecular flexibility index (Phi) is 4.81. The molecule has 1 aromatic heterocycles. The molecule has 0 bridgehead atoms. The fraction of sp³-hybridized carbons (Fsp3) is 0.583. The van der Waals surface area contributed by atoms with Gasteiger partial charge in [0.15, 0.2) is 0 Å². The normalized spacial score (nSPS) is 19.5. The van der Waals surface area contributed by atoms with Gasteiger partial charge in [-0.1, -0.05) is 0 Å². The van der Waals surface area contributed by atoms with Crippen LogP contribution in [-0.2, 0) is 4.74 Å². The van der Waals surface area contributed by atoms with Gasteiger partial charge in [0.2, 0.25) is 0 Å². The molecule has 1 saturated heterocycles. The molecule has 2 rings (SSSR count). The molecule has 2 heterocycles. The summed E-state index contributed by atoms with van der Waals surface area (Å²) in [4.78, 5) is 14.2. The van der Waals surface area contributed by atoms with Crippen molar-refractivity contribution in [3.8, 4) is 0 Å². The van der Waals surface area contributed by atoms with Gasteiger partial charge in [0.1, 0.15) is 0 Å². The SMILES string of the molecule is CCN(CC1CCOC1)C(=O)c1csc(I)c1. The van der Waals surface area contributed by atoms with E-state index in [9.17, 15) is 4.79 Å². The minimum atomic E-state index is 0.151. The molecule has 1 fully saturated rings. The fourth-order valence-electron chi connectivity index (χ4n) is 2.00. The Morgan fingerprint density at radius 2 is 2.53 bits per heavy atom. The van der Waals surface area contributed by atoms with Gasteiger partial charge in [-0.05, 0) is 42.0 Å². The van der Waals surface area contributed by atoms with Crippen LogP contribution >= 0.6 is 33.9 Å². The zero-order valence-corrected chi connectivity index (χ0v) is 12.8. The second-order valence-electron chi connectivity index (χ2n) is 4.21. The Balaban J connectivity index is 1.99. The largest absolute Gasteiger partial charge is 0.381 e. The van der Waals surface area contributed by atoms with E-state index < -0.39 is 0 Å². The Morgan fingerprint density at radius 3 is 3.06 bits per heavy atom. The van der Waals surface area contributed by atoms with Crippen molar-refractivity contribution >= 4 is 39.8 Å². The standard InChI is InChI=1S/C12H16INO2S/c1-2-14(6-9-3-4-16-7-9)12(15)10-5-11(13)17-8-10/h5,8-9H,2-4,6-7H2,1H3. The summed E-state index contributed by atoms with van der Waals surface area (Å²) < 4.78 is 6.51. The van der Waals surface area contributed by atoms with Crippen LogP contribution < -0.4 is 0 Å². The number of carbonyl (C=O) groups excluding carboxylic acids is 1. The second kappa shape index (κ2) is 6.15. The Labute approximate surface area is 119 Å². The first-order chi connectivity index (χ1) is 8.20. The van der Waals surface area contributed by atoms with Gasteiger partial charge in [0.05, 0.1) is 15.1 Å². The highest BCUT2D eigenvalue weighted by Gasteiger charge is 2.22. The molecule has 1 atom stereocenters. The summed E-state index contributed by atoms with van der Waals surface area (Å²) in [5.41, 5.74) is 0.820. The van der Waals surface area contributed by atoms with Crippen LogP contribution in [0, 0.1) is 8.80 Å². The molecule has 0 saturated carbocycles. The van der Waals surface area contributed by atoms with Gasteiger partial charge >= 0.3 is 0 Å². The number of halogens is 1. The van der Waals surface area contributed by atoms with Gasteiger partial charge in [0.25, 0.3) is 5.91 Å². The number of rotatable bonds is 4. The number of nitrogens with zero attached hydrogens (tertiary/aromatic N) is 1. The van der Waals surface area contributed by atoms with Crippen LogP contribution in [-0.4, -0.2) is 37.1 Å². The van der Waals surface area contributed by atoms with E-state index in [1.165, 1.54) is 0 Å². The number of thiophene rings is 1. The van der Waals surface area contributed by atoms with E-state index in [0.29, 0.717) is 5.92 Å². The van der Waals surface area contributed by atoms with Crippen molar-refractivity contribution in [2.24, 2.45) is 5.92 Å². The zero-order valence-electron chi connectivity index (χ0n) is 9.82. The first-order valence-corrected chi connectivity index (χ1v) is 7.77. The minimum absolute atomic E-state index is 0.151. The van der Waals surface area contributed by atoms with E-state index in [0.717, 1.165) is 41.2 Å². The van der Waals surface area contributed by atoms with Gasteiger partial charge in [-0.25, -0.2) is 0 Å². The maximum atomic E-state index is 12.3. The number of amides is 1. The van der Waals surface area contributed by atoms with Gasteiger partial charge in [-0.2, -0.15) is 0 Å². The lowest BCUT2D eigenvalue weighted by molar-refractivity contribution is 0.0731. The lowest BCUT2D eigenvalue weighted by Gasteiger charge is -2.23. The molecular formula is C12H16INO2S. The molecule has 0 spiro atoms. The predicted molar refractivity (Wildman–Crippen MR) is 77.5 cm³/mol. The number of ether oxygens (including phenoxy) is 1. The molecule has 0 aromatic carbocycles. The summed E-state index contributed by atoms with van der Waals surface area (Å²) in [7, 11) is 0. The summed E-state index contributed by atoms with van der Waals surface area (Å²) in [6.45, 7) is 5.26. The van der Waals surface area contributed by atoms with Crippen LogP contribution in [0.15, 0.2) is 11.4 Å². The zero-order chi connectivity index (χ0) is 12.3. The van der Waals surface area contributed by atoms with E-state index in [1.807, 2.05) is 23.3 Å². The monoisotopic (exact) mass is 365 g/mol. The lowest BCUT2D eigenvalue weighted by atomic mass is 10.1. The smallest absolute Gasteiger partial charge is 0.254 e. The van der Waals surface area contributed by atoms with Crippen LogP contribution in [0.25, 0.3) is 0 Å². The van der Waals surface area contributed by atoms with E-state index in [2.05, 4.69) is 22.6 Å². The predicted octanol–water partition coefficient (Wildman–Crippen LogP) is 2.85.